The van der Waals surface area contributed by atoms with E-state index in [0.717, 1.165) is 30.9 Å². The minimum Gasteiger partial charge on any atom is -0.369 e. The van der Waals surface area contributed by atoms with Gasteiger partial charge in [0.15, 0.2) is 0 Å². The van der Waals surface area contributed by atoms with Gasteiger partial charge in [-0.05, 0) is 12.8 Å². The predicted octanol–water partition coefficient (Wildman–Crippen LogP) is 2.45. The lowest BCUT2D eigenvalue weighted by atomic mass is 10.0. The molecule has 1 heterocycles. The van der Waals surface area contributed by atoms with Crippen LogP contribution in [0.15, 0.2) is 0 Å². The first-order valence-corrected chi connectivity index (χ1v) is 5.81. The summed E-state index contributed by atoms with van der Waals surface area (Å²) in [6, 6.07) is 2.20. The quantitative estimate of drug-likeness (QED) is 0.829. The van der Waals surface area contributed by atoms with E-state index in [1.165, 1.54) is 0 Å². The van der Waals surface area contributed by atoms with Crippen LogP contribution in [-0.2, 0) is 7.05 Å². The second-order valence-electron chi connectivity index (χ2n) is 4.11. The Balaban J connectivity index is 2.78. The monoisotopic (exact) mass is 220 g/mol. The molecule has 0 bridgehead atoms. The molecule has 1 rings (SSSR count). The summed E-state index contributed by atoms with van der Waals surface area (Å²) < 4.78 is 1.75. The topological polar surface area (TPSA) is 53.6 Å². The molecule has 1 aromatic heterocycles. The van der Waals surface area contributed by atoms with Crippen molar-refractivity contribution in [2.75, 3.05) is 11.9 Å². The second kappa shape index (κ2) is 5.55. The minimum absolute atomic E-state index is 0.654. The highest BCUT2D eigenvalue weighted by Gasteiger charge is 2.13. The van der Waals surface area contributed by atoms with Crippen molar-refractivity contribution < 1.29 is 0 Å². The molecular formula is C12H20N4. The Morgan fingerprint density at radius 1 is 1.44 bits per heavy atom. The zero-order valence-corrected chi connectivity index (χ0v) is 10.5. The van der Waals surface area contributed by atoms with Crippen LogP contribution in [0.3, 0.4) is 0 Å². The zero-order chi connectivity index (χ0) is 12.1. The van der Waals surface area contributed by atoms with Crippen LogP contribution in [0.4, 0.5) is 5.82 Å². The molecule has 88 valence electrons. The van der Waals surface area contributed by atoms with Crippen molar-refractivity contribution in [1.29, 1.82) is 5.26 Å². The Labute approximate surface area is 97.3 Å². The summed E-state index contributed by atoms with van der Waals surface area (Å²) in [5.41, 5.74) is 1.45. The Morgan fingerprint density at radius 3 is 2.56 bits per heavy atom. The van der Waals surface area contributed by atoms with Crippen molar-refractivity contribution in [3.63, 3.8) is 0 Å². The number of nitriles is 1. The summed E-state index contributed by atoms with van der Waals surface area (Å²) in [6.07, 6.45) is 2.31. The first-order valence-electron chi connectivity index (χ1n) is 5.81. The maximum Gasteiger partial charge on any atom is 0.142 e. The van der Waals surface area contributed by atoms with Crippen LogP contribution in [0.1, 0.15) is 37.9 Å². The van der Waals surface area contributed by atoms with Gasteiger partial charge >= 0.3 is 0 Å². The van der Waals surface area contributed by atoms with Gasteiger partial charge in [-0.3, -0.25) is 4.68 Å². The van der Waals surface area contributed by atoms with E-state index in [1.807, 2.05) is 14.0 Å². The van der Waals surface area contributed by atoms with Crippen molar-refractivity contribution in [2.45, 2.75) is 33.6 Å². The molecule has 4 nitrogen and oxygen atoms in total. The summed E-state index contributed by atoms with van der Waals surface area (Å²) in [4.78, 5) is 0. The van der Waals surface area contributed by atoms with Crippen molar-refractivity contribution in [2.24, 2.45) is 13.0 Å². The van der Waals surface area contributed by atoms with Gasteiger partial charge in [0.05, 0.1) is 5.69 Å². The highest BCUT2D eigenvalue weighted by atomic mass is 15.3. The third-order valence-corrected chi connectivity index (χ3v) is 3.05. The average molecular weight is 220 g/mol. The third-order valence-electron chi connectivity index (χ3n) is 3.05. The lowest BCUT2D eigenvalue weighted by Crippen LogP contribution is -2.15. The number of rotatable bonds is 5. The SMILES string of the molecule is CCC(CC)CNc1c(C#N)c(C)nn1C. The van der Waals surface area contributed by atoms with Gasteiger partial charge in [-0.25, -0.2) is 0 Å². The number of nitrogens with zero attached hydrogens (tertiary/aromatic N) is 3. The molecule has 0 aromatic carbocycles. The van der Waals surface area contributed by atoms with E-state index < -0.39 is 0 Å². The molecule has 4 heteroatoms. The molecule has 0 aliphatic heterocycles. The van der Waals surface area contributed by atoms with Gasteiger partial charge in [0.25, 0.3) is 0 Å². The van der Waals surface area contributed by atoms with E-state index in [0.29, 0.717) is 11.5 Å². The van der Waals surface area contributed by atoms with E-state index in [4.69, 9.17) is 5.26 Å². The summed E-state index contributed by atoms with van der Waals surface area (Å²) in [5, 5.41) is 16.6. The van der Waals surface area contributed by atoms with E-state index in [1.54, 1.807) is 4.68 Å². The van der Waals surface area contributed by atoms with Crippen LogP contribution in [0, 0.1) is 24.2 Å². The Bertz CT molecular complexity index is 382. The lowest BCUT2D eigenvalue weighted by Gasteiger charge is -2.14. The lowest BCUT2D eigenvalue weighted by molar-refractivity contribution is 0.517. The Hall–Kier alpha value is -1.50. The minimum atomic E-state index is 0.654. The first kappa shape index (κ1) is 12.6. The summed E-state index contributed by atoms with van der Waals surface area (Å²) in [6.45, 7) is 7.15. The molecule has 1 N–H and O–H groups in total. The molecule has 0 radical (unpaired) electrons. The maximum atomic E-state index is 9.05. The molecule has 0 spiro atoms. The molecule has 0 unspecified atom stereocenters. The van der Waals surface area contributed by atoms with Gasteiger partial charge < -0.3 is 5.32 Å². The van der Waals surface area contributed by atoms with Gasteiger partial charge in [0, 0.05) is 13.6 Å². The average Bonchev–Trinajstić information content (AvgIpc) is 2.54. The van der Waals surface area contributed by atoms with Crippen LogP contribution in [0.5, 0.6) is 0 Å². The fourth-order valence-electron chi connectivity index (χ4n) is 1.81. The second-order valence-corrected chi connectivity index (χ2v) is 4.11. The highest BCUT2D eigenvalue weighted by molar-refractivity contribution is 5.54. The number of hydrogen-bond donors (Lipinski definition) is 1. The van der Waals surface area contributed by atoms with Gasteiger partial charge in [0.2, 0.25) is 0 Å². The molecule has 0 amide bonds. The smallest absolute Gasteiger partial charge is 0.142 e. The van der Waals surface area contributed by atoms with E-state index in [9.17, 15) is 0 Å². The zero-order valence-electron chi connectivity index (χ0n) is 10.5. The molecular weight excluding hydrogens is 200 g/mol. The standard InChI is InChI=1S/C12H20N4/c1-5-10(6-2)8-14-12-11(7-13)9(3)15-16(12)4/h10,14H,5-6,8H2,1-4H3. The van der Waals surface area contributed by atoms with Crippen molar-refractivity contribution in [1.82, 2.24) is 9.78 Å². The summed E-state index contributed by atoms with van der Waals surface area (Å²) in [5.74, 6) is 1.49. The van der Waals surface area contributed by atoms with Gasteiger partial charge in [-0.2, -0.15) is 10.4 Å². The number of anilines is 1. The fourth-order valence-corrected chi connectivity index (χ4v) is 1.81. The third kappa shape index (κ3) is 2.54. The van der Waals surface area contributed by atoms with E-state index >= 15 is 0 Å². The summed E-state index contributed by atoms with van der Waals surface area (Å²) >= 11 is 0. The molecule has 16 heavy (non-hydrogen) atoms. The van der Waals surface area contributed by atoms with Crippen molar-refractivity contribution >= 4 is 5.82 Å². The molecule has 0 saturated heterocycles. The normalized spacial score (nSPS) is 10.5. The Kier molecular flexibility index (Phi) is 4.36. The highest BCUT2D eigenvalue weighted by Crippen LogP contribution is 2.18. The van der Waals surface area contributed by atoms with E-state index in [2.05, 4.69) is 30.3 Å². The predicted molar refractivity (Wildman–Crippen MR) is 65.2 cm³/mol. The molecule has 1 aromatic rings. The maximum absolute atomic E-state index is 9.05. The molecule has 0 fully saturated rings. The first-order chi connectivity index (χ1) is 7.63. The largest absolute Gasteiger partial charge is 0.369 e. The van der Waals surface area contributed by atoms with Crippen LogP contribution >= 0.6 is 0 Å². The number of hydrogen-bond acceptors (Lipinski definition) is 3. The number of aryl methyl sites for hydroxylation is 2. The van der Waals surface area contributed by atoms with Gasteiger partial charge in [0.1, 0.15) is 17.5 Å². The number of nitrogens with one attached hydrogen (secondary N) is 1. The fraction of sp³-hybridized carbons (Fsp3) is 0.667. The molecule has 0 aliphatic rings. The van der Waals surface area contributed by atoms with Gasteiger partial charge in [-0.15, -0.1) is 0 Å². The molecule has 0 saturated carbocycles. The van der Waals surface area contributed by atoms with Crippen molar-refractivity contribution in [3.8, 4) is 6.07 Å². The van der Waals surface area contributed by atoms with Crippen LogP contribution in [0.25, 0.3) is 0 Å². The van der Waals surface area contributed by atoms with Crippen molar-refractivity contribution in [3.05, 3.63) is 11.3 Å². The van der Waals surface area contributed by atoms with Crippen LogP contribution in [-0.4, -0.2) is 16.3 Å². The van der Waals surface area contributed by atoms with Crippen LogP contribution in [0.2, 0.25) is 0 Å². The van der Waals surface area contributed by atoms with E-state index in [-0.39, 0.29) is 0 Å². The van der Waals surface area contributed by atoms with Gasteiger partial charge in [-0.1, -0.05) is 26.7 Å². The summed E-state index contributed by atoms with van der Waals surface area (Å²) in [7, 11) is 1.86. The Morgan fingerprint density at radius 2 is 2.06 bits per heavy atom. The number of aromatic nitrogens is 2. The molecule has 0 aliphatic carbocycles. The molecule has 0 atom stereocenters. The van der Waals surface area contributed by atoms with Crippen LogP contribution < -0.4 is 5.32 Å².